The summed E-state index contributed by atoms with van der Waals surface area (Å²) < 4.78 is 0. The largest absolute Gasteiger partial charge is 0.370 e. The van der Waals surface area contributed by atoms with E-state index in [1.54, 1.807) is 0 Å². The molecule has 0 saturated carbocycles. The Balaban J connectivity index is 2.02. The Labute approximate surface area is 120 Å². The molecule has 1 aliphatic rings. The Hall–Kier alpha value is -0.840. The zero-order valence-electron chi connectivity index (χ0n) is 11.8. The van der Waals surface area contributed by atoms with Gasteiger partial charge in [0.25, 0.3) is 0 Å². The van der Waals surface area contributed by atoms with Crippen molar-refractivity contribution in [3.63, 3.8) is 0 Å². The van der Waals surface area contributed by atoms with Crippen LogP contribution in [0.5, 0.6) is 0 Å². The van der Waals surface area contributed by atoms with Gasteiger partial charge in [-0.15, -0.1) is 0 Å². The molecule has 0 amide bonds. The predicted octanol–water partition coefficient (Wildman–Crippen LogP) is 2.30. The van der Waals surface area contributed by atoms with E-state index in [0.717, 1.165) is 49.3 Å². The van der Waals surface area contributed by atoms with Gasteiger partial charge >= 0.3 is 0 Å². The smallest absolute Gasteiger partial charge is 0.126 e. The van der Waals surface area contributed by atoms with Crippen LogP contribution in [-0.2, 0) is 6.54 Å². The standard InChI is InChI=1S/C14H23ClN4/c1-3-16-14-6-5-12(15)13(17-14)11-19-8-4-7-18(2)9-10-19/h5-6H,3-4,7-11H2,1-2H3,(H,16,17). The van der Waals surface area contributed by atoms with Crippen molar-refractivity contribution in [1.29, 1.82) is 0 Å². The minimum Gasteiger partial charge on any atom is -0.370 e. The molecule has 19 heavy (non-hydrogen) atoms. The highest BCUT2D eigenvalue weighted by atomic mass is 35.5. The molecule has 0 atom stereocenters. The Morgan fingerprint density at radius 1 is 1.26 bits per heavy atom. The molecule has 1 N–H and O–H groups in total. The van der Waals surface area contributed by atoms with Crippen LogP contribution in [0, 0.1) is 0 Å². The first-order chi connectivity index (χ1) is 9.19. The number of likely N-dealkylation sites (N-methyl/N-ethyl adjacent to an activating group) is 1. The van der Waals surface area contributed by atoms with E-state index in [-0.39, 0.29) is 0 Å². The molecule has 0 radical (unpaired) electrons. The van der Waals surface area contributed by atoms with Gasteiger partial charge in [-0.3, -0.25) is 4.90 Å². The molecule has 1 saturated heterocycles. The molecule has 4 nitrogen and oxygen atoms in total. The lowest BCUT2D eigenvalue weighted by Gasteiger charge is -2.20. The maximum Gasteiger partial charge on any atom is 0.126 e. The van der Waals surface area contributed by atoms with E-state index in [9.17, 15) is 0 Å². The van der Waals surface area contributed by atoms with Crippen LogP contribution >= 0.6 is 11.6 Å². The summed E-state index contributed by atoms with van der Waals surface area (Å²) >= 11 is 6.26. The quantitative estimate of drug-likeness (QED) is 0.918. The highest BCUT2D eigenvalue weighted by molar-refractivity contribution is 6.31. The van der Waals surface area contributed by atoms with Gasteiger partial charge in [0.1, 0.15) is 5.82 Å². The van der Waals surface area contributed by atoms with E-state index < -0.39 is 0 Å². The first-order valence-electron chi connectivity index (χ1n) is 6.99. The summed E-state index contributed by atoms with van der Waals surface area (Å²) in [5.74, 6) is 0.911. The highest BCUT2D eigenvalue weighted by Crippen LogP contribution is 2.19. The summed E-state index contributed by atoms with van der Waals surface area (Å²) in [4.78, 5) is 9.42. The normalized spacial score (nSPS) is 18.3. The number of hydrogen-bond acceptors (Lipinski definition) is 4. The molecule has 2 rings (SSSR count). The molecule has 1 aromatic rings. The average Bonchev–Trinajstić information content (AvgIpc) is 2.59. The zero-order chi connectivity index (χ0) is 13.7. The van der Waals surface area contributed by atoms with Crippen LogP contribution < -0.4 is 5.32 Å². The second kappa shape index (κ2) is 7.08. The minimum atomic E-state index is 0.763. The van der Waals surface area contributed by atoms with Gasteiger partial charge in [-0.2, -0.15) is 0 Å². The maximum atomic E-state index is 6.26. The fourth-order valence-electron chi connectivity index (χ4n) is 2.34. The van der Waals surface area contributed by atoms with Crippen LogP contribution in [0.4, 0.5) is 5.82 Å². The molecule has 0 aromatic carbocycles. The summed E-state index contributed by atoms with van der Waals surface area (Å²) in [6.45, 7) is 8.28. The minimum absolute atomic E-state index is 0.763. The molecule has 1 aromatic heterocycles. The van der Waals surface area contributed by atoms with Crippen LogP contribution in [0.25, 0.3) is 0 Å². The van der Waals surface area contributed by atoms with Crippen LogP contribution in [0.2, 0.25) is 5.02 Å². The molecule has 1 fully saturated rings. The Morgan fingerprint density at radius 3 is 2.89 bits per heavy atom. The summed E-state index contributed by atoms with van der Waals surface area (Å²) in [6.07, 6.45) is 1.21. The molecular formula is C14H23ClN4. The number of nitrogens with zero attached hydrogens (tertiary/aromatic N) is 3. The van der Waals surface area contributed by atoms with Crippen molar-refractivity contribution in [2.24, 2.45) is 0 Å². The van der Waals surface area contributed by atoms with Crippen LogP contribution in [0.15, 0.2) is 12.1 Å². The molecule has 0 unspecified atom stereocenters. The van der Waals surface area contributed by atoms with E-state index in [2.05, 4.69) is 34.1 Å². The lowest BCUT2D eigenvalue weighted by atomic mass is 10.3. The van der Waals surface area contributed by atoms with E-state index in [1.165, 1.54) is 13.0 Å². The third-order valence-electron chi connectivity index (χ3n) is 3.46. The van der Waals surface area contributed by atoms with Crippen LogP contribution in [-0.4, -0.2) is 54.6 Å². The Bertz CT molecular complexity index is 410. The molecule has 1 aliphatic heterocycles. The predicted molar refractivity (Wildman–Crippen MR) is 80.8 cm³/mol. The Kier molecular flexibility index (Phi) is 5.43. The van der Waals surface area contributed by atoms with Crippen molar-refractivity contribution in [2.45, 2.75) is 19.9 Å². The zero-order valence-corrected chi connectivity index (χ0v) is 12.6. The topological polar surface area (TPSA) is 31.4 Å². The highest BCUT2D eigenvalue weighted by Gasteiger charge is 2.14. The molecule has 0 aliphatic carbocycles. The summed E-state index contributed by atoms with van der Waals surface area (Å²) in [7, 11) is 2.18. The first-order valence-corrected chi connectivity index (χ1v) is 7.37. The van der Waals surface area contributed by atoms with Gasteiger partial charge in [-0.1, -0.05) is 11.6 Å². The number of rotatable bonds is 4. The Morgan fingerprint density at radius 2 is 2.11 bits per heavy atom. The summed E-state index contributed by atoms with van der Waals surface area (Å²) in [6, 6.07) is 3.87. The van der Waals surface area contributed by atoms with E-state index in [0.29, 0.717) is 0 Å². The van der Waals surface area contributed by atoms with Gasteiger partial charge in [-0.25, -0.2) is 4.98 Å². The SMILES string of the molecule is CCNc1ccc(Cl)c(CN2CCCN(C)CC2)n1. The van der Waals surface area contributed by atoms with Gasteiger partial charge in [0.15, 0.2) is 0 Å². The van der Waals surface area contributed by atoms with E-state index in [4.69, 9.17) is 11.6 Å². The van der Waals surface area contributed by atoms with Crippen molar-refractivity contribution in [1.82, 2.24) is 14.8 Å². The number of anilines is 1. The first kappa shape index (κ1) is 14.6. The van der Waals surface area contributed by atoms with Crippen molar-refractivity contribution in [3.05, 3.63) is 22.8 Å². The van der Waals surface area contributed by atoms with Crippen LogP contribution in [0.3, 0.4) is 0 Å². The molecule has 5 heteroatoms. The third-order valence-corrected chi connectivity index (χ3v) is 3.81. The van der Waals surface area contributed by atoms with Crippen LogP contribution in [0.1, 0.15) is 19.0 Å². The number of halogens is 1. The van der Waals surface area contributed by atoms with Gasteiger partial charge in [0, 0.05) is 26.2 Å². The number of pyridine rings is 1. The third kappa shape index (κ3) is 4.34. The molecule has 0 spiro atoms. The molecular weight excluding hydrogens is 260 g/mol. The van der Waals surface area contributed by atoms with Gasteiger partial charge in [0.2, 0.25) is 0 Å². The maximum absolute atomic E-state index is 6.26. The lowest BCUT2D eigenvalue weighted by molar-refractivity contribution is 0.266. The average molecular weight is 283 g/mol. The molecule has 0 bridgehead atoms. The van der Waals surface area contributed by atoms with E-state index >= 15 is 0 Å². The van der Waals surface area contributed by atoms with Crippen molar-refractivity contribution in [3.8, 4) is 0 Å². The molecule has 106 valence electrons. The number of aromatic nitrogens is 1. The van der Waals surface area contributed by atoms with E-state index in [1.807, 2.05) is 12.1 Å². The van der Waals surface area contributed by atoms with Gasteiger partial charge in [0.05, 0.1) is 10.7 Å². The number of nitrogens with one attached hydrogen (secondary N) is 1. The summed E-state index contributed by atoms with van der Waals surface area (Å²) in [5.41, 5.74) is 0.977. The van der Waals surface area contributed by atoms with Crippen molar-refractivity contribution < 1.29 is 0 Å². The fraction of sp³-hybridized carbons (Fsp3) is 0.643. The lowest BCUT2D eigenvalue weighted by Crippen LogP contribution is -2.29. The second-order valence-electron chi connectivity index (χ2n) is 5.09. The van der Waals surface area contributed by atoms with Gasteiger partial charge in [-0.05, 0) is 45.6 Å². The fourth-order valence-corrected chi connectivity index (χ4v) is 2.51. The van der Waals surface area contributed by atoms with Gasteiger partial charge < -0.3 is 10.2 Å². The molecule has 2 heterocycles. The number of hydrogen-bond donors (Lipinski definition) is 1. The van der Waals surface area contributed by atoms with Crippen molar-refractivity contribution in [2.75, 3.05) is 45.1 Å². The summed E-state index contributed by atoms with van der Waals surface area (Å²) in [5, 5.41) is 4.00. The second-order valence-corrected chi connectivity index (χ2v) is 5.50. The van der Waals surface area contributed by atoms with Crippen molar-refractivity contribution >= 4 is 17.4 Å². The monoisotopic (exact) mass is 282 g/mol.